The lowest BCUT2D eigenvalue weighted by atomic mass is 10.0. The smallest absolute Gasteiger partial charge is 0.136 e. The zero-order valence-corrected chi connectivity index (χ0v) is 11.7. The van der Waals surface area contributed by atoms with Crippen LogP contribution >= 0.6 is 11.3 Å². The second-order valence-electron chi connectivity index (χ2n) is 4.65. The summed E-state index contributed by atoms with van der Waals surface area (Å²) in [6.45, 7) is 6.76. The minimum atomic E-state index is -0.993. The number of aryl methyl sites for hydroxylation is 2. The van der Waals surface area contributed by atoms with Crippen LogP contribution < -0.4 is 5.32 Å². The maximum atomic E-state index is 10.3. The molecule has 0 spiro atoms. The van der Waals surface area contributed by atoms with Crippen LogP contribution in [-0.4, -0.2) is 16.6 Å². The largest absolute Gasteiger partial charge is 0.463 e. The second kappa shape index (κ2) is 5.22. The first-order chi connectivity index (χ1) is 8.49. The number of furan rings is 1. The van der Waals surface area contributed by atoms with Crippen molar-refractivity contribution in [2.24, 2.45) is 0 Å². The summed E-state index contributed by atoms with van der Waals surface area (Å²) in [6, 6.07) is 3.67. The van der Waals surface area contributed by atoms with Crippen molar-refractivity contribution in [3.05, 3.63) is 39.7 Å². The van der Waals surface area contributed by atoms with Crippen LogP contribution in [0, 0.1) is 13.8 Å². The summed E-state index contributed by atoms with van der Waals surface area (Å²) in [5.41, 5.74) is 1.88. The average Bonchev–Trinajstić information content (AvgIpc) is 2.89. The van der Waals surface area contributed by atoms with Crippen LogP contribution in [0.3, 0.4) is 0 Å². The minimum absolute atomic E-state index is 0.442. The Kier molecular flexibility index (Phi) is 3.85. The third kappa shape index (κ3) is 2.98. The van der Waals surface area contributed by atoms with E-state index >= 15 is 0 Å². The Hall–Kier alpha value is -1.17. The highest BCUT2D eigenvalue weighted by Crippen LogP contribution is 2.22. The van der Waals surface area contributed by atoms with Crippen LogP contribution in [0.15, 0.2) is 22.1 Å². The van der Waals surface area contributed by atoms with Crippen LogP contribution in [0.5, 0.6) is 0 Å². The van der Waals surface area contributed by atoms with E-state index in [0.717, 1.165) is 11.5 Å². The van der Waals surface area contributed by atoms with E-state index in [1.54, 1.807) is 18.3 Å². The molecule has 98 valence electrons. The van der Waals surface area contributed by atoms with Crippen molar-refractivity contribution in [3.63, 3.8) is 0 Å². The molecule has 0 saturated carbocycles. The Balaban J connectivity index is 1.91. The number of rotatable bonds is 5. The molecular weight excluding hydrogens is 248 g/mol. The van der Waals surface area contributed by atoms with Gasteiger partial charge in [0.2, 0.25) is 0 Å². The van der Waals surface area contributed by atoms with Gasteiger partial charge in [0.1, 0.15) is 17.1 Å². The summed E-state index contributed by atoms with van der Waals surface area (Å²) in [5.74, 6) is 1.40. The van der Waals surface area contributed by atoms with Crippen molar-refractivity contribution in [1.82, 2.24) is 10.3 Å². The number of hydrogen-bond acceptors (Lipinski definition) is 5. The number of thiazole rings is 1. The van der Waals surface area contributed by atoms with E-state index in [1.165, 1.54) is 4.88 Å². The Morgan fingerprint density at radius 1 is 1.44 bits per heavy atom. The molecule has 0 aromatic carbocycles. The van der Waals surface area contributed by atoms with E-state index in [4.69, 9.17) is 4.42 Å². The molecule has 18 heavy (non-hydrogen) atoms. The van der Waals surface area contributed by atoms with Crippen molar-refractivity contribution in [2.45, 2.75) is 32.9 Å². The summed E-state index contributed by atoms with van der Waals surface area (Å²) in [7, 11) is 0. The summed E-state index contributed by atoms with van der Waals surface area (Å²) in [4.78, 5) is 5.39. The third-order valence-corrected chi connectivity index (χ3v) is 3.81. The maximum absolute atomic E-state index is 10.3. The SMILES string of the molecule is Cc1ccc(C(C)(O)CNCc2scnc2C)o1. The standard InChI is InChI=1S/C13H18N2O2S/c1-9-4-5-12(17-9)13(3,16)7-14-6-11-10(2)15-8-18-11/h4-5,8,14,16H,6-7H2,1-3H3. The van der Waals surface area contributed by atoms with Crippen molar-refractivity contribution in [2.75, 3.05) is 6.54 Å². The van der Waals surface area contributed by atoms with Gasteiger partial charge in [-0.25, -0.2) is 4.98 Å². The van der Waals surface area contributed by atoms with Gasteiger partial charge in [0.15, 0.2) is 0 Å². The molecule has 2 N–H and O–H groups in total. The van der Waals surface area contributed by atoms with E-state index in [0.29, 0.717) is 18.8 Å². The molecule has 0 aliphatic carbocycles. The first-order valence-electron chi connectivity index (χ1n) is 5.88. The topological polar surface area (TPSA) is 58.3 Å². The monoisotopic (exact) mass is 266 g/mol. The molecule has 0 fully saturated rings. The van der Waals surface area contributed by atoms with Gasteiger partial charge in [-0.3, -0.25) is 0 Å². The Labute approximate surface area is 111 Å². The summed E-state index contributed by atoms with van der Waals surface area (Å²) in [5, 5.41) is 13.6. The number of aromatic nitrogens is 1. The number of aliphatic hydroxyl groups is 1. The molecule has 2 aromatic rings. The number of nitrogens with zero attached hydrogens (tertiary/aromatic N) is 1. The lowest BCUT2D eigenvalue weighted by Crippen LogP contribution is -2.34. The zero-order chi connectivity index (χ0) is 13.2. The average molecular weight is 266 g/mol. The molecule has 0 radical (unpaired) electrons. The molecule has 0 amide bonds. The molecule has 1 atom stereocenters. The molecule has 2 rings (SSSR count). The van der Waals surface area contributed by atoms with Crippen molar-refractivity contribution in [1.29, 1.82) is 0 Å². The van der Waals surface area contributed by atoms with E-state index in [-0.39, 0.29) is 0 Å². The fourth-order valence-corrected chi connectivity index (χ4v) is 2.47. The van der Waals surface area contributed by atoms with Crippen LogP contribution in [0.25, 0.3) is 0 Å². The summed E-state index contributed by atoms with van der Waals surface area (Å²) in [6.07, 6.45) is 0. The first kappa shape index (κ1) is 13.3. The highest BCUT2D eigenvalue weighted by atomic mass is 32.1. The van der Waals surface area contributed by atoms with Crippen LogP contribution in [0.2, 0.25) is 0 Å². The molecule has 0 aliphatic rings. The molecular formula is C13H18N2O2S. The Morgan fingerprint density at radius 2 is 2.22 bits per heavy atom. The fraction of sp³-hybridized carbons (Fsp3) is 0.462. The van der Waals surface area contributed by atoms with Crippen LogP contribution in [0.4, 0.5) is 0 Å². The van der Waals surface area contributed by atoms with Gasteiger partial charge >= 0.3 is 0 Å². The lowest BCUT2D eigenvalue weighted by Gasteiger charge is -2.21. The molecule has 2 aromatic heterocycles. The van der Waals surface area contributed by atoms with Gasteiger partial charge in [0, 0.05) is 18.0 Å². The molecule has 0 bridgehead atoms. The molecule has 4 nitrogen and oxygen atoms in total. The number of hydrogen-bond donors (Lipinski definition) is 2. The van der Waals surface area contributed by atoms with Gasteiger partial charge in [0.25, 0.3) is 0 Å². The Morgan fingerprint density at radius 3 is 2.78 bits per heavy atom. The maximum Gasteiger partial charge on any atom is 0.136 e. The van der Waals surface area contributed by atoms with Gasteiger partial charge in [0.05, 0.1) is 11.2 Å². The molecule has 1 unspecified atom stereocenters. The van der Waals surface area contributed by atoms with Crippen molar-refractivity contribution in [3.8, 4) is 0 Å². The third-order valence-electron chi connectivity index (χ3n) is 2.87. The second-order valence-corrected chi connectivity index (χ2v) is 5.59. The highest BCUT2D eigenvalue weighted by Gasteiger charge is 2.26. The molecule has 2 heterocycles. The van der Waals surface area contributed by atoms with Gasteiger partial charge in [-0.15, -0.1) is 11.3 Å². The predicted molar refractivity (Wildman–Crippen MR) is 71.6 cm³/mol. The van der Waals surface area contributed by atoms with E-state index in [9.17, 15) is 5.11 Å². The molecule has 0 aliphatic heterocycles. The molecule has 5 heteroatoms. The van der Waals surface area contributed by atoms with Gasteiger partial charge in [-0.05, 0) is 32.9 Å². The minimum Gasteiger partial charge on any atom is -0.463 e. The highest BCUT2D eigenvalue weighted by molar-refractivity contribution is 7.09. The first-order valence-corrected chi connectivity index (χ1v) is 6.76. The van der Waals surface area contributed by atoms with Gasteiger partial charge < -0.3 is 14.8 Å². The fourth-order valence-electron chi connectivity index (χ4n) is 1.73. The van der Waals surface area contributed by atoms with E-state index in [1.807, 2.05) is 31.5 Å². The van der Waals surface area contributed by atoms with Crippen LogP contribution in [0.1, 0.15) is 29.0 Å². The quantitative estimate of drug-likeness (QED) is 0.872. The van der Waals surface area contributed by atoms with Crippen molar-refractivity contribution >= 4 is 11.3 Å². The van der Waals surface area contributed by atoms with Crippen LogP contribution in [-0.2, 0) is 12.1 Å². The predicted octanol–water partition coefficient (Wildman–Crippen LogP) is 2.35. The normalized spacial score (nSPS) is 14.7. The van der Waals surface area contributed by atoms with E-state index in [2.05, 4.69) is 10.3 Å². The van der Waals surface area contributed by atoms with Gasteiger partial charge in [-0.2, -0.15) is 0 Å². The summed E-state index contributed by atoms with van der Waals surface area (Å²) >= 11 is 1.62. The molecule has 0 saturated heterocycles. The van der Waals surface area contributed by atoms with E-state index < -0.39 is 5.60 Å². The van der Waals surface area contributed by atoms with Crippen molar-refractivity contribution < 1.29 is 9.52 Å². The summed E-state index contributed by atoms with van der Waals surface area (Å²) < 4.78 is 5.46. The lowest BCUT2D eigenvalue weighted by molar-refractivity contribution is 0.0333. The Bertz CT molecular complexity index is 517. The zero-order valence-electron chi connectivity index (χ0n) is 10.9. The van der Waals surface area contributed by atoms with Gasteiger partial charge in [-0.1, -0.05) is 0 Å². The number of nitrogens with one attached hydrogen (secondary N) is 1.